The number of ether oxygens (including phenoxy) is 5. The molecule has 0 radical (unpaired) electrons. The second-order valence-corrected chi connectivity index (χ2v) is 18.2. The number of aliphatic carboxylic acids is 1. The number of aliphatic hydroxyl groups excluding tert-OH is 2. The number of carbonyl (C=O) groups is 1. The molecule has 0 amide bonds. The molecule has 0 aromatic carbocycles. The number of carboxylic acid groups (broad SMARTS) is 1. The second kappa shape index (κ2) is 19.0. The summed E-state index contributed by atoms with van der Waals surface area (Å²) < 4.78 is 33.9. The molecule has 316 valence electrons. The van der Waals surface area contributed by atoms with E-state index in [1.54, 1.807) is 6.08 Å². The Bertz CT molecular complexity index is 1380. The minimum atomic E-state index is -1.35. The predicted molar refractivity (Wildman–Crippen MR) is 205 cm³/mol. The molecule has 18 atom stereocenters. The second-order valence-electron chi connectivity index (χ2n) is 18.2. The minimum absolute atomic E-state index is 0. The van der Waals surface area contributed by atoms with Crippen molar-refractivity contribution in [2.75, 3.05) is 7.11 Å². The van der Waals surface area contributed by atoms with Gasteiger partial charge in [-0.2, -0.15) is 0 Å². The van der Waals surface area contributed by atoms with Gasteiger partial charge >= 0.3 is 29.6 Å². The average Bonchev–Trinajstić information content (AvgIpc) is 3.50. The number of rotatable bonds is 13. The molecule has 5 rings (SSSR count). The van der Waals surface area contributed by atoms with Gasteiger partial charge in [0.2, 0.25) is 5.79 Å². The van der Waals surface area contributed by atoms with Gasteiger partial charge in [-0.05, 0) is 95.6 Å². The Morgan fingerprint density at radius 1 is 0.964 bits per heavy atom. The van der Waals surface area contributed by atoms with Crippen LogP contribution in [0.25, 0.3) is 0 Å². The maximum absolute atomic E-state index is 12.0. The van der Waals surface area contributed by atoms with E-state index in [1.807, 2.05) is 47.6 Å². The number of hydrogen-bond acceptors (Lipinski definition) is 12. The van der Waals surface area contributed by atoms with Crippen molar-refractivity contribution in [1.29, 1.82) is 0 Å². The molecule has 2 spiro atoms. The first kappa shape index (κ1) is 48.0. The Balaban J connectivity index is 0.00000696. The third kappa shape index (κ3) is 9.16. The van der Waals surface area contributed by atoms with E-state index in [-0.39, 0.29) is 83.6 Å². The minimum Gasteiger partial charge on any atom is -0.550 e. The van der Waals surface area contributed by atoms with Gasteiger partial charge in [-0.3, -0.25) is 0 Å². The Morgan fingerprint density at radius 2 is 1.64 bits per heavy atom. The number of carbonyl (C=O) groups excluding carboxylic acids is 1. The molecule has 56 heavy (non-hydrogen) atoms. The van der Waals surface area contributed by atoms with Crippen LogP contribution in [-0.2, 0) is 33.3 Å². The molecule has 4 fully saturated rings. The average molecular weight is 802 g/mol. The maximum atomic E-state index is 12.0. The molecule has 5 aliphatic rings. The number of hydrogen-bond donors (Lipinski definition) is 3. The summed E-state index contributed by atoms with van der Waals surface area (Å²) in [6.45, 7) is 20.1. The molecular weight excluding hydrogens is 729 g/mol. The number of nitrogens with zero attached hydrogens (tertiary/aromatic N) is 1. The van der Waals surface area contributed by atoms with Gasteiger partial charge in [0, 0.05) is 42.0 Å². The zero-order chi connectivity index (χ0) is 40.7. The summed E-state index contributed by atoms with van der Waals surface area (Å²) in [6.07, 6.45) is 6.12. The zero-order valence-electron chi connectivity index (χ0n) is 36.4. The molecular formula is C43H72NNaO11. The summed E-state index contributed by atoms with van der Waals surface area (Å²) >= 11 is 0. The molecule has 5 heterocycles. The SMILES string of the molecule is CC[C@@H](C(=O)[O-])[C@H]1CC[C@H](C)[C@H]([C@@H](C)[C@H](O)[C@H](C)/C(=N\OC)[C@H](CC)[C@H]2O[C@]3(C=C[C@@H](O)[C@]4(CC[C@@](C)([C@H]5CC[C@](O)(CC)[C@H](C)O5)O4)O3)[C@H](C)C[C@@H]2C)O1.[Na+]. The van der Waals surface area contributed by atoms with Gasteiger partial charge in [-0.1, -0.05) is 60.5 Å². The van der Waals surface area contributed by atoms with Crippen molar-refractivity contribution in [3.8, 4) is 0 Å². The third-order valence-electron chi connectivity index (χ3n) is 14.7. The summed E-state index contributed by atoms with van der Waals surface area (Å²) in [7, 11) is 1.51. The van der Waals surface area contributed by atoms with Crippen molar-refractivity contribution in [1.82, 2.24) is 0 Å². The Hall–Kier alpha value is -0.640. The van der Waals surface area contributed by atoms with Crippen LogP contribution in [0, 0.1) is 41.4 Å². The third-order valence-corrected chi connectivity index (χ3v) is 14.7. The van der Waals surface area contributed by atoms with Crippen molar-refractivity contribution in [3.63, 3.8) is 0 Å². The van der Waals surface area contributed by atoms with Gasteiger partial charge in [0.1, 0.15) is 13.2 Å². The molecule has 4 saturated heterocycles. The molecule has 0 aromatic heterocycles. The van der Waals surface area contributed by atoms with E-state index >= 15 is 0 Å². The van der Waals surface area contributed by atoms with Crippen LogP contribution < -0.4 is 34.7 Å². The topological polar surface area (TPSA) is 169 Å². The molecule has 0 bridgehead atoms. The Labute approximate surface area is 358 Å². The summed E-state index contributed by atoms with van der Waals surface area (Å²) in [5, 5.41) is 51.1. The van der Waals surface area contributed by atoms with E-state index in [2.05, 4.69) is 32.9 Å². The molecule has 0 saturated carbocycles. The van der Waals surface area contributed by atoms with Gasteiger partial charge in [0.05, 0.1) is 53.5 Å². The Kier molecular flexibility index (Phi) is 16.3. The van der Waals surface area contributed by atoms with Gasteiger partial charge in [0.25, 0.3) is 0 Å². The molecule has 0 unspecified atom stereocenters. The maximum Gasteiger partial charge on any atom is 1.00 e. The van der Waals surface area contributed by atoms with E-state index in [1.165, 1.54) is 7.11 Å². The van der Waals surface area contributed by atoms with Crippen LogP contribution in [0.1, 0.15) is 133 Å². The summed E-state index contributed by atoms with van der Waals surface area (Å²) in [4.78, 5) is 17.4. The van der Waals surface area contributed by atoms with Crippen molar-refractivity contribution in [2.45, 2.75) is 199 Å². The number of carboxylic acids is 1. The van der Waals surface area contributed by atoms with Crippen LogP contribution in [0.15, 0.2) is 17.3 Å². The normalized spacial score (nSPS) is 44.5. The van der Waals surface area contributed by atoms with Gasteiger partial charge in [-0.25, -0.2) is 0 Å². The van der Waals surface area contributed by atoms with E-state index < -0.39 is 58.9 Å². The van der Waals surface area contributed by atoms with Crippen LogP contribution in [-0.4, -0.2) is 99.6 Å². The van der Waals surface area contributed by atoms with Crippen LogP contribution in [0.5, 0.6) is 0 Å². The molecule has 12 nitrogen and oxygen atoms in total. The van der Waals surface area contributed by atoms with Crippen molar-refractivity contribution >= 4 is 11.7 Å². The van der Waals surface area contributed by atoms with Gasteiger partial charge < -0.3 is 53.7 Å². The molecule has 0 aliphatic carbocycles. The fourth-order valence-electron chi connectivity index (χ4n) is 10.8. The number of oxime groups is 1. The first-order valence-electron chi connectivity index (χ1n) is 21.3. The van der Waals surface area contributed by atoms with Crippen LogP contribution in [0.3, 0.4) is 0 Å². The summed E-state index contributed by atoms with van der Waals surface area (Å²) in [5.41, 5.74) is -0.930. The van der Waals surface area contributed by atoms with E-state index in [9.17, 15) is 25.2 Å². The largest absolute Gasteiger partial charge is 1.00 e. The van der Waals surface area contributed by atoms with E-state index in [4.69, 9.17) is 28.5 Å². The van der Waals surface area contributed by atoms with Gasteiger partial charge in [0.15, 0.2) is 5.79 Å². The van der Waals surface area contributed by atoms with Gasteiger partial charge in [-0.15, -0.1) is 0 Å². The van der Waals surface area contributed by atoms with Crippen LogP contribution in [0.2, 0.25) is 0 Å². The molecule has 5 aliphatic heterocycles. The quantitative estimate of drug-likeness (QED) is 0.108. The first-order valence-corrected chi connectivity index (χ1v) is 21.3. The smallest absolute Gasteiger partial charge is 0.550 e. The molecule has 3 N–H and O–H groups in total. The van der Waals surface area contributed by atoms with E-state index in [0.717, 1.165) is 12.8 Å². The summed E-state index contributed by atoms with van der Waals surface area (Å²) in [6, 6.07) is 0. The van der Waals surface area contributed by atoms with Crippen molar-refractivity contribution in [3.05, 3.63) is 12.2 Å². The fraction of sp³-hybridized carbons (Fsp3) is 0.907. The van der Waals surface area contributed by atoms with Crippen LogP contribution >= 0.6 is 0 Å². The molecule has 13 heteroatoms. The monoisotopic (exact) mass is 802 g/mol. The zero-order valence-corrected chi connectivity index (χ0v) is 38.4. The fourth-order valence-corrected chi connectivity index (χ4v) is 10.8. The van der Waals surface area contributed by atoms with Crippen LogP contribution in [0.4, 0.5) is 0 Å². The predicted octanol–water partition coefficient (Wildman–Crippen LogP) is 2.29. The van der Waals surface area contributed by atoms with Crippen molar-refractivity contribution in [2.24, 2.45) is 46.6 Å². The summed E-state index contributed by atoms with van der Waals surface area (Å²) in [5.74, 6) is -5.20. The first-order chi connectivity index (χ1) is 25.8. The number of aliphatic hydroxyl groups is 3. The van der Waals surface area contributed by atoms with Crippen molar-refractivity contribution < 1.29 is 83.3 Å². The Morgan fingerprint density at radius 3 is 2.23 bits per heavy atom. The standard InChI is InChI=1S/C43H73NO11.Na/c1-12-30(39(47)48)32-16-15-24(4)37(52-32)28(8)36(46)27(7)35(44-50-11)31(13-2)38-25(5)23-26(6)42(53-38)20-17-33(45)43(55-42)22-21-40(10,54-43)34-18-19-41(49,14-3)29(9)51-34;/h17,20,24-34,36-38,45-46,49H,12-16,18-19,21-23H2,1-11H3,(H,47,48);/q;+1/p-1/b44-35+;/t24-,25-,26+,27+,28-,29-,30+,31-,32+,33+,34+,36+,37+,38-,40-,41+,42-,43-;/m0./s1. The van der Waals surface area contributed by atoms with E-state index in [0.29, 0.717) is 57.1 Å². The molecule has 0 aromatic rings.